The summed E-state index contributed by atoms with van der Waals surface area (Å²) in [5.41, 5.74) is 4.69. The van der Waals surface area contributed by atoms with Crippen LogP contribution in [0.4, 0.5) is 4.39 Å². The Hall–Kier alpha value is -3.17. The van der Waals surface area contributed by atoms with Gasteiger partial charge in [0.15, 0.2) is 0 Å². The van der Waals surface area contributed by atoms with Crippen molar-refractivity contribution in [1.29, 1.82) is 0 Å². The number of fused-ring (bicyclic) bond motifs is 1. The van der Waals surface area contributed by atoms with E-state index in [0.717, 1.165) is 24.3 Å². The molecule has 2 nitrogen and oxygen atoms in total. The third-order valence-corrected chi connectivity index (χ3v) is 5.28. The summed E-state index contributed by atoms with van der Waals surface area (Å²) in [7, 11) is 0. The van der Waals surface area contributed by atoms with Crippen LogP contribution < -0.4 is 10.1 Å². The van der Waals surface area contributed by atoms with Crippen molar-refractivity contribution < 1.29 is 9.13 Å². The van der Waals surface area contributed by atoms with Crippen molar-refractivity contribution in [2.75, 3.05) is 6.54 Å². The first-order valence-corrected chi connectivity index (χ1v) is 10.3. The molecule has 1 N–H and O–H groups in total. The van der Waals surface area contributed by atoms with Gasteiger partial charge >= 0.3 is 0 Å². The van der Waals surface area contributed by atoms with Gasteiger partial charge < -0.3 is 10.1 Å². The maximum absolute atomic E-state index is 13.1. The zero-order valence-electron chi connectivity index (χ0n) is 17.2. The van der Waals surface area contributed by atoms with Crippen LogP contribution in [0.15, 0.2) is 84.9 Å². The van der Waals surface area contributed by atoms with E-state index in [4.69, 9.17) is 4.74 Å². The predicted molar refractivity (Wildman–Crippen MR) is 121 cm³/mol. The lowest BCUT2D eigenvalue weighted by Gasteiger charge is -2.15. The van der Waals surface area contributed by atoms with E-state index in [0.29, 0.717) is 13.2 Å². The molecular formula is C27H26FNO. The fourth-order valence-electron chi connectivity index (χ4n) is 3.69. The second-order valence-electron chi connectivity index (χ2n) is 7.59. The van der Waals surface area contributed by atoms with Crippen LogP contribution in [0.2, 0.25) is 0 Å². The highest BCUT2D eigenvalue weighted by atomic mass is 19.1. The summed E-state index contributed by atoms with van der Waals surface area (Å²) >= 11 is 0. The van der Waals surface area contributed by atoms with Crippen molar-refractivity contribution in [1.82, 2.24) is 5.32 Å². The first kappa shape index (κ1) is 20.1. The summed E-state index contributed by atoms with van der Waals surface area (Å²) in [6, 6.07) is 27.7. The molecule has 0 aliphatic carbocycles. The Morgan fingerprint density at radius 3 is 2.50 bits per heavy atom. The van der Waals surface area contributed by atoms with Gasteiger partial charge in [-0.2, -0.15) is 0 Å². The van der Waals surface area contributed by atoms with Gasteiger partial charge in [0.1, 0.15) is 18.2 Å². The number of hydrogen-bond acceptors (Lipinski definition) is 2. The second kappa shape index (κ2) is 9.55. The number of nitrogens with one attached hydrogen (secondary N) is 1. The SMILES string of the molecule is Cc1cccc(COc2ccc3ccccc3c2CNCCc2ccc(F)cc2)c1. The number of halogens is 1. The van der Waals surface area contributed by atoms with Crippen molar-refractivity contribution in [3.63, 3.8) is 0 Å². The van der Waals surface area contributed by atoms with Crippen LogP contribution >= 0.6 is 0 Å². The summed E-state index contributed by atoms with van der Waals surface area (Å²) in [6.45, 7) is 4.16. The molecule has 152 valence electrons. The molecule has 4 aromatic carbocycles. The topological polar surface area (TPSA) is 21.3 Å². The molecule has 0 aliphatic heterocycles. The lowest BCUT2D eigenvalue weighted by atomic mass is 10.0. The lowest BCUT2D eigenvalue weighted by molar-refractivity contribution is 0.302. The Morgan fingerprint density at radius 2 is 1.67 bits per heavy atom. The maximum Gasteiger partial charge on any atom is 0.124 e. The van der Waals surface area contributed by atoms with Gasteiger partial charge in [0.05, 0.1) is 0 Å². The van der Waals surface area contributed by atoms with Crippen molar-refractivity contribution in [3.05, 3.63) is 113 Å². The van der Waals surface area contributed by atoms with Gasteiger partial charge in [-0.1, -0.05) is 72.3 Å². The Labute approximate surface area is 177 Å². The lowest BCUT2D eigenvalue weighted by Crippen LogP contribution is -2.17. The number of rotatable bonds is 8. The molecule has 0 atom stereocenters. The largest absolute Gasteiger partial charge is 0.489 e. The summed E-state index contributed by atoms with van der Waals surface area (Å²) < 4.78 is 19.3. The van der Waals surface area contributed by atoms with Gasteiger partial charge in [0, 0.05) is 12.1 Å². The standard InChI is InChI=1S/C27H26FNO/c1-20-5-4-6-22(17-20)19-30-27-14-11-23-7-2-3-8-25(23)26(27)18-29-16-15-21-9-12-24(28)13-10-21/h2-14,17,29H,15-16,18-19H2,1H3. The third-order valence-electron chi connectivity index (χ3n) is 5.28. The monoisotopic (exact) mass is 399 g/mol. The van der Waals surface area contributed by atoms with E-state index in [1.807, 2.05) is 12.1 Å². The molecular weight excluding hydrogens is 373 g/mol. The zero-order chi connectivity index (χ0) is 20.8. The summed E-state index contributed by atoms with van der Waals surface area (Å²) in [5.74, 6) is 0.711. The number of hydrogen-bond donors (Lipinski definition) is 1. The fraction of sp³-hybridized carbons (Fsp3) is 0.185. The van der Waals surface area contributed by atoms with E-state index in [9.17, 15) is 4.39 Å². The molecule has 0 amide bonds. The molecule has 0 bridgehead atoms. The summed E-state index contributed by atoms with van der Waals surface area (Å²) in [4.78, 5) is 0. The quantitative estimate of drug-likeness (QED) is 0.356. The molecule has 0 spiro atoms. The normalized spacial score (nSPS) is 11.0. The van der Waals surface area contributed by atoms with Crippen molar-refractivity contribution in [2.45, 2.75) is 26.5 Å². The van der Waals surface area contributed by atoms with E-state index in [-0.39, 0.29) is 5.82 Å². The Kier molecular flexibility index (Phi) is 6.41. The molecule has 0 heterocycles. The van der Waals surface area contributed by atoms with E-state index in [2.05, 4.69) is 72.9 Å². The van der Waals surface area contributed by atoms with Crippen LogP contribution in [0, 0.1) is 12.7 Å². The van der Waals surface area contributed by atoms with Crippen LogP contribution in [0.1, 0.15) is 22.3 Å². The molecule has 0 aliphatic rings. The van der Waals surface area contributed by atoms with Crippen LogP contribution in [0.25, 0.3) is 10.8 Å². The molecule has 0 unspecified atom stereocenters. The Bertz CT molecular complexity index is 1120. The minimum atomic E-state index is -0.196. The van der Waals surface area contributed by atoms with Crippen molar-refractivity contribution in [3.8, 4) is 5.75 Å². The minimum Gasteiger partial charge on any atom is -0.489 e. The first-order chi connectivity index (χ1) is 14.7. The summed E-state index contributed by atoms with van der Waals surface area (Å²) in [6.07, 6.45) is 0.852. The van der Waals surface area contributed by atoms with Gasteiger partial charge in [-0.25, -0.2) is 4.39 Å². The molecule has 0 radical (unpaired) electrons. The van der Waals surface area contributed by atoms with Gasteiger partial charge in [-0.05, 0) is 60.0 Å². The Morgan fingerprint density at radius 1 is 0.833 bits per heavy atom. The van der Waals surface area contributed by atoms with E-state index < -0.39 is 0 Å². The molecule has 30 heavy (non-hydrogen) atoms. The van der Waals surface area contributed by atoms with Crippen LogP contribution in [-0.4, -0.2) is 6.54 Å². The second-order valence-corrected chi connectivity index (χ2v) is 7.59. The smallest absolute Gasteiger partial charge is 0.124 e. The van der Waals surface area contributed by atoms with Crippen LogP contribution in [0.5, 0.6) is 5.75 Å². The molecule has 0 saturated heterocycles. The first-order valence-electron chi connectivity index (χ1n) is 10.3. The van der Waals surface area contributed by atoms with E-state index in [1.54, 1.807) is 0 Å². The van der Waals surface area contributed by atoms with Gasteiger partial charge in [-0.15, -0.1) is 0 Å². The molecule has 0 saturated carbocycles. The van der Waals surface area contributed by atoms with Crippen molar-refractivity contribution in [2.24, 2.45) is 0 Å². The molecule has 0 fully saturated rings. The van der Waals surface area contributed by atoms with Gasteiger partial charge in [0.2, 0.25) is 0 Å². The number of ether oxygens (including phenoxy) is 1. The fourth-order valence-corrected chi connectivity index (χ4v) is 3.69. The number of benzene rings is 4. The Balaban J connectivity index is 1.47. The molecule has 0 aromatic heterocycles. The molecule has 4 rings (SSSR count). The highest BCUT2D eigenvalue weighted by molar-refractivity contribution is 5.87. The third kappa shape index (κ3) is 5.05. The molecule has 4 aromatic rings. The predicted octanol–water partition coefficient (Wildman–Crippen LogP) is 6.20. The van der Waals surface area contributed by atoms with Crippen LogP contribution in [-0.2, 0) is 19.6 Å². The van der Waals surface area contributed by atoms with Crippen molar-refractivity contribution >= 4 is 10.8 Å². The van der Waals surface area contributed by atoms with Gasteiger partial charge in [-0.3, -0.25) is 0 Å². The molecule has 3 heteroatoms. The minimum absolute atomic E-state index is 0.196. The average Bonchev–Trinajstić information content (AvgIpc) is 2.77. The zero-order valence-corrected chi connectivity index (χ0v) is 17.2. The highest BCUT2D eigenvalue weighted by Crippen LogP contribution is 2.29. The van der Waals surface area contributed by atoms with Crippen LogP contribution in [0.3, 0.4) is 0 Å². The van der Waals surface area contributed by atoms with E-state index in [1.165, 1.54) is 39.6 Å². The van der Waals surface area contributed by atoms with Gasteiger partial charge in [0.25, 0.3) is 0 Å². The number of aryl methyl sites for hydroxylation is 1. The summed E-state index contributed by atoms with van der Waals surface area (Å²) in [5, 5.41) is 5.94. The highest BCUT2D eigenvalue weighted by Gasteiger charge is 2.09. The average molecular weight is 400 g/mol. The van der Waals surface area contributed by atoms with E-state index >= 15 is 0 Å². The maximum atomic E-state index is 13.1.